The van der Waals surface area contributed by atoms with E-state index in [2.05, 4.69) is 10.1 Å². The molecule has 0 radical (unpaired) electrons. The molecule has 5 nitrogen and oxygen atoms in total. The van der Waals surface area contributed by atoms with Crippen LogP contribution >= 0.6 is 23.2 Å². The van der Waals surface area contributed by atoms with Gasteiger partial charge in [-0.2, -0.15) is 4.98 Å². The molecule has 0 aliphatic carbocycles. The number of carbonyl (C=O) groups excluding carboxylic acids is 1. The summed E-state index contributed by atoms with van der Waals surface area (Å²) >= 11 is 12.0. The van der Waals surface area contributed by atoms with E-state index in [0.29, 0.717) is 34.7 Å². The summed E-state index contributed by atoms with van der Waals surface area (Å²) in [6, 6.07) is 12.7. The van der Waals surface area contributed by atoms with Crippen molar-refractivity contribution in [3.05, 3.63) is 64.0 Å². The maximum atomic E-state index is 12.5. The summed E-state index contributed by atoms with van der Waals surface area (Å²) < 4.78 is 5.42. The molecule has 0 N–H and O–H groups in total. The van der Waals surface area contributed by atoms with E-state index in [-0.39, 0.29) is 11.8 Å². The smallest absolute Gasteiger partial charge is 0.232 e. The molecule has 0 bridgehead atoms. The van der Waals surface area contributed by atoms with Crippen LogP contribution in [0.2, 0.25) is 10.0 Å². The number of benzene rings is 2. The van der Waals surface area contributed by atoms with Gasteiger partial charge in [0.25, 0.3) is 0 Å². The third kappa shape index (κ3) is 3.20. The second-order valence-electron chi connectivity index (χ2n) is 6.30. The normalized spacial score (nSPS) is 17.1. The van der Waals surface area contributed by atoms with Crippen LogP contribution in [0, 0.1) is 6.92 Å². The van der Waals surface area contributed by atoms with Crippen molar-refractivity contribution in [3.8, 4) is 11.4 Å². The van der Waals surface area contributed by atoms with Crippen LogP contribution in [0.3, 0.4) is 0 Å². The van der Waals surface area contributed by atoms with Gasteiger partial charge in [0.15, 0.2) is 0 Å². The van der Waals surface area contributed by atoms with Gasteiger partial charge in [0.1, 0.15) is 0 Å². The van der Waals surface area contributed by atoms with Crippen molar-refractivity contribution in [1.82, 2.24) is 10.1 Å². The summed E-state index contributed by atoms with van der Waals surface area (Å²) in [5, 5.41) is 5.28. The Morgan fingerprint density at radius 3 is 2.62 bits per heavy atom. The fourth-order valence-electron chi connectivity index (χ4n) is 3.10. The van der Waals surface area contributed by atoms with E-state index in [9.17, 15) is 4.79 Å². The molecule has 2 aromatic carbocycles. The molecule has 1 aliphatic rings. The molecule has 1 amide bonds. The van der Waals surface area contributed by atoms with E-state index in [1.54, 1.807) is 17.0 Å². The summed E-state index contributed by atoms with van der Waals surface area (Å²) in [5.74, 6) is 0.827. The van der Waals surface area contributed by atoms with Crippen molar-refractivity contribution in [3.63, 3.8) is 0 Å². The van der Waals surface area contributed by atoms with Crippen molar-refractivity contribution in [2.45, 2.75) is 19.3 Å². The quantitative estimate of drug-likeness (QED) is 0.642. The van der Waals surface area contributed by atoms with Gasteiger partial charge in [0.2, 0.25) is 17.6 Å². The first-order valence-corrected chi connectivity index (χ1v) is 8.93. The molecule has 1 saturated heterocycles. The Morgan fingerprint density at radius 2 is 1.85 bits per heavy atom. The van der Waals surface area contributed by atoms with Gasteiger partial charge in [-0.1, -0.05) is 34.4 Å². The predicted molar refractivity (Wildman–Crippen MR) is 101 cm³/mol. The number of anilines is 1. The summed E-state index contributed by atoms with van der Waals surface area (Å²) in [6.45, 7) is 2.44. The van der Waals surface area contributed by atoms with E-state index in [4.69, 9.17) is 27.7 Å². The standard InChI is InChI=1S/C19H15Cl2N3O2/c1-11-2-5-15(21)9-16(11)24-10-13(8-17(24)25)19-22-18(23-26-19)12-3-6-14(20)7-4-12/h2-7,9,13H,8,10H2,1H3. The van der Waals surface area contributed by atoms with Crippen LogP contribution in [0.5, 0.6) is 0 Å². The average Bonchev–Trinajstić information content (AvgIpc) is 3.25. The van der Waals surface area contributed by atoms with E-state index in [1.165, 1.54) is 0 Å². The number of halogens is 2. The molecule has 1 atom stereocenters. The number of rotatable bonds is 3. The lowest BCUT2D eigenvalue weighted by molar-refractivity contribution is -0.117. The van der Waals surface area contributed by atoms with Crippen molar-refractivity contribution in [2.75, 3.05) is 11.4 Å². The second kappa shape index (κ2) is 6.74. The lowest BCUT2D eigenvalue weighted by Gasteiger charge is -2.18. The fourth-order valence-corrected chi connectivity index (χ4v) is 3.39. The number of carbonyl (C=O) groups is 1. The zero-order valence-electron chi connectivity index (χ0n) is 13.9. The first-order chi connectivity index (χ1) is 12.5. The number of hydrogen-bond acceptors (Lipinski definition) is 4. The third-order valence-electron chi connectivity index (χ3n) is 4.48. The molecule has 1 aliphatic heterocycles. The number of aryl methyl sites for hydroxylation is 1. The highest BCUT2D eigenvalue weighted by molar-refractivity contribution is 6.31. The Bertz CT molecular complexity index is 969. The minimum Gasteiger partial charge on any atom is -0.339 e. The zero-order valence-corrected chi connectivity index (χ0v) is 15.5. The molecule has 7 heteroatoms. The summed E-state index contributed by atoms with van der Waals surface area (Å²) in [7, 11) is 0. The maximum absolute atomic E-state index is 12.5. The highest BCUT2D eigenvalue weighted by Gasteiger charge is 2.35. The predicted octanol–water partition coefficient (Wildman–Crippen LogP) is 4.87. The molecule has 4 rings (SSSR count). The molecule has 1 aromatic heterocycles. The van der Waals surface area contributed by atoms with Crippen molar-refractivity contribution < 1.29 is 9.32 Å². The Kier molecular flexibility index (Phi) is 4.42. The van der Waals surface area contributed by atoms with Crippen molar-refractivity contribution >= 4 is 34.8 Å². The molecule has 1 fully saturated rings. The lowest BCUT2D eigenvalue weighted by atomic mass is 10.1. The Morgan fingerprint density at radius 1 is 1.12 bits per heavy atom. The summed E-state index contributed by atoms with van der Waals surface area (Å²) in [5.41, 5.74) is 2.63. The zero-order chi connectivity index (χ0) is 18.3. The number of nitrogens with zero attached hydrogens (tertiary/aromatic N) is 3. The molecular weight excluding hydrogens is 373 g/mol. The highest BCUT2D eigenvalue weighted by atomic mass is 35.5. The summed E-state index contributed by atoms with van der Waals surface area (Å²) in [4.78, 5) is 18.7. The van der Waals surface area contributed by atoms with Crippen LogP contribution in [-0.2, 0) is 4.79 Å². The topological polar surface area (TPSA) is 59.2 Å². The molecule has 0 spiro atoms. The third-order valence-corrected chi connectivity index (χ3v) is 4.97. The average molecular weight is 388 g/mol. The Hall–Kier alpha value is -2.37. The van der Waals surface area contributed by atoms with E-state index < -0.39 is 0 Å². The van der Waals surface area contributed by atoms with Gasteiger partial charge in [0.05, 0.1) is 5.92 Å². The van der Waals surface area contributed by atoms with Crippen molar-refractivity contribution in [1.29, 1.82) is 0 Å². The molecule has 132 valence electrons. The summed E-state index contributed by atoms with van der Waals surface area (Å²) in [6.07, 6.45) is 0.328. The SMILES string of the molecule is Cc1ccc(Cl)cc1N1CC(c2nc(-c3ccc(Cl)cc3)no2)CC1=O. The van der Waals surface area contributed by atoms with Gasteiger partial charge >= 0.3 is 0 Å². The van der Waals surface area contributed by atoms with Crippen LogP contribution in [0.4, 0.5) is 5.69 Å². The largest absolute Gasteiger partial charge is 0.339 e. The second-order valence-corrected chi connectivity index (χ2v) is 7.17. The van der Waals surface area contributed by atoms with Gasteiger partial charge in [-0.3, -0.25) is 4.79 Å². The van der Waals surface area contributed by atoms with Gasteiger partial charge in [0, 0.05) is 34.3 Å². The van der Waals surface area contributed by atoms with Crippen LogP contribution in [0.25, 0.3) is 11.4 Å². The van der Waals surface area contributed by atoms with Crippen LogP contribution in [0.15, 0.2) is 47.0 Å². The first kappa shape index (κ1) is 17.1. The maximum Gasteiger partial charge on any atom is 0.232 e. The molecule has 2 heterocycles. The first-order valence-electron chi connectivity index (χ1n) is 8.17. The van der Waals surface area contributed by atoms with Gasteiger partial charge in [-0.15, -0.1) is 0 Å². The fraction of sp³-hybridized carbons (Fsp3) is 0.211. The monoisotopic (exact) mass is 387 g/mol. The minimum atomic E-state index is -0.144. The highest BCUT2D eigenvalue weighted by Crippen LogP contribution is 2.34. The van der Waals surface area contributed by atoms with E-state index in [1.807, 2.05) is 37.3 Å². The van der Waals surface area contributed by atoms with Crippen LogP contribution in [0.1, 0.15) is 23.8 Å². The van der Waals surface area contributed by atoms with E-state index in [0.717, 1.165) is 16.8 Å². The molecule has 26 heavy (non-hydrogen) atoms. The molecular formula is C19H15Cl2N3O2. The minimum absolute atomic E-state index is 0.0200. The lowest BCUT2D eigenvalue weighted by Crippen LogP contribution is -2.25. The number of amides is 1. The van der Waals surface area contributed by atoms with Crippen molar-refractivity contribution in [2.24, 2.45) is 0 Å². The van der Waals surface area contributed by atoms with Gasteiger partial charge in [-0.05, 0) is 48.9 Å². The Balaban J connectivity index is 1.58. The molecule has 0 saturated carbocycles. The number of hydrogen-bond donors (Lipinski definition) is 0. The Labute approximate surface area is 160 Å². The van der Waals surface area contributed by atoms with Crippen LogP contribution in [-0.4, -0.2) is 22.6 Å². The van der Waals surface area contributed by atoms with Crippen LogP contribution < -0.4 is 4.90 Å². The van der Waals surface area contributed by atoms with Gasteiger partial charge in [-0.25, -0.2) is 0 Å². The molecule has 1 unspecified atom stereocenters. The van der Waals surface area contributed by atoms with Gasteiger partial charge < -0.3 is 9.42 Å². The number of aromatic nitrogens is 2. The van der Waals surface area contributed by atoms with E-state index >= 15 is 0 Å². The molecule has 3 aromatic rings.